The minimum absolute atomic E-state index is 0.166. The van der Waals surface area contributed by atoms with Gasteiger partial charge in [0.2, 0.25) is 0 Å². The Balaban J connectivity index is 1.70. The van der Waals surface area contributed by atoms with E-state index in [4.69, 9.17) is 16.4 Å². The van der Waals surface area contributed by atoms with E-state index in [0.29, 0.717) is 17.3 Å². The predicted octanol–water partition coefficient (Wildman–Crippen LogP) is 5.14. The lowest BCUT2D eigenvalue weighted by Crippen LogP contribution is -2.02. The normalized spacial score (nSPS) is 12.5. The Morgan fingerprint density at radius 3 is 2.58 bits per heavy atom. The van der Waals surface area contributed by atoms with Crippen molar-refractivity contribution >= 4 is 17.8 Å². The van der Waals surface area contributed by atoms with Crippen molar-refractivity contribution in [1.82, 2.24) is 9.78 Å². The van der Waals surface area contributed by atoms with Gasteiger partial charge in [-0.05, 0) is 37.1 Å². The largest absolute Gasteiger partial charge is 0.388 e. The molecule has 6 heteroatoms. The molecule has 3 aromatic rings. The van der Waals surface area contributed by atoms with Gasteiger partial charge in [0.1, 0.15) is 17.1 Å². The fourth-order valence-corrected chi connectivity index (χ4v) is 2.82. The summed E-state index contributed by atoms with van der Waals surface area (Å²) in [5.74, 6) is -0.269. The molecule has 1 atom stereocenters. The van der Waals surface area contributed by atoms with Gasteiger partial charge in [0.05, 0.1) is 24.0 Å². The molecule has 0 aliphatic heterocycles. The number of aromatic nitrogens is 2. The van der Waals surface area contributed by atoms with Crippen molar-refractivity contribution < 1.29 is 9.23 Å². The SMILES string of the molecule is Cc1nn(Cc2ccc(F)cc2)c(Cl)c1/C=N/O[C@H](C)c1ccccc1. The summed E-state index contributed by atoms with van der Waals surface area (Å²) in [6.07, 6.45) is 1.41. The fourth-order valence-electron chi connectivity index (χ4n) is 2.54. The third-order valence-electron chi connectivity index (χ3n) is 4.02. The second-order valence-electron chi connectivity index (χ2n) is 5.97. The van der Waals surface area contributed by atoms with Crippen molar-refractivity contribution in [3.63, 3.8) is 0 Å². The first-order chi connectivity index (χ1) is 12.5. The summed E-state index contributed by atoms with van der Waals surface area (Å²) in [5.41, 5.74) is 3.40. The molecule has 0 spiro atoms. The van der Waals surface area contributed by atoms with Crippen LogP contribution in [0.2, 0.25) is 5.15 Å². The number of rotatable bonds is 6. The van der Waals surface area contributed by atoms with Gasteiger partial charge in [0.15, 0.2) is 0 Å². The van der Waals surface area contributed by atoms with Crippen LogP contribution in [0.3, 0.4) is 0 Å². The van der Waals surface area contributed by atoms with E-state index in [-0.39, 0.29) is 11.9 Å². The van der Waals surface area contributed by atoms with Crippen molar-refractivity contribution in [3.05, 3.63) is 88.0 Å². The van der Waals surface area contributed by atoms with Gasteiger partial charge >= 0.3 is 0 Å². The molecule has 0 aliphatic carbocycles. The molecular weight excluding hydrogens is 353 g/mol. The van der Waals surface area contributed by atoms with Crippen LogP contribution < -0.4 is 0 Å². The molecule has 0 radical (unpaired) electrons. The van der Waals surface area contributed by atoms with E-state index in [9.17, 15) is 4.39 Å². The van der Waals surface area contributed by atoms with E-state index in [1.807, 2.05) is 44.2 Å². The molecule has 1 heterocycles. The first kappa shape index (κ1) is 18.1. The van der Waals surface area contributed by atoms with Crippen molar-refractivity contribution in [2.75, 3.05) is 0 Å². The second kappa shape index (κ2) is 8.15. The van der Waals surface area contributed by atoms with E-state index >= 15 is 0 Å². The standard InChI is InChI=1S/C20H19ClFN3O/c1-14-19(12-23-26-15(2)17-6-4-3-5-7-17)20(21)25(24-14)13-16-8-10-18(22)11-9-16/h3-12,15H,13H2,1-2H3/b23-12+/t15-/m1/s1. The molecule has 3 rings (SSSR count). The van der Waals surface area contributed by atoms with Crippen LogP contribution in [-0.2, 0) is 11.4 Å². The van der Waals surface area contributed by atoms with Crippen LogP contribution in [0.1, 0.15) is 35.4 Å². The summed E-state index contributed by atoms with van der Waals surface area (Å²) in [6.45, 7) is 4.24. The third-order valence-corrected chi connectivity index (χ3v) is 4.42. The first-order valence-electron chi connectivity index (χ1n) is 8.26. The average molecular weight is 372 g/mol. The topological polar surface area (TPSA) is 39.4 Å². The highest BCUT2D eigenvalue weighted by molar-refractivity contribution is 6.32. The van der Waals surface area contributed by atoms with Crippen molar-refractivity contribution in [2.24, 2.45) is 5.16 Å². The summed E-state index contributed by atoms with van der Waals surface area (Å²) in [6, 6.07) is 16.1. The smallest absolute Gasteiger partial charge is 0.149 e. The summed E-state index contributed by atoms with van der Waals surface area (Å²) >= 11 is 6.42. The average Bonchev–Trinajstić information content (AvgIpc) is 2.91. The number of oxime groups is 1. The maximum absolute atomic E-state index is 13.0. The van der Waals surface area contributed by atoms with Crippen LogP contribution in [0.4, 0.5) is 4.39 Å². The van der Waals surface area contributed by atoms with Crippen molar-refractivity contribution in [3.8, 4) is 0 Å². The molecule has 0 saturated carbocycles. The lowest BCUT2D eigenvalue weighted by atomic mass is 10.1. The molecular formula is C20H19ClFN3O. The maximum Gasteiger partial charge on any atom is 0.149 e. The zero-order valence-corrected chi connectivity index (χ0v) is 15.3. The minimum atomic E-state index is -0.269. The predicted molar refractivity (Wildman–Crippen MR) is 101 cm³/mol. The molecule has 0 N–H and O–H groups in total. The monoisotopic (exact) mass is 371 g/mol. The van der Waals surface area contributed by atoms with Gasteiger partial charge in [0.25, 0.3) is 0 Å². The summed E-state index contributed by atoms with van der Waals surface area (Å²) in [5, 5.41) is 8.95. The number of nitrogens with zero attached hydrogens (tertiary/aromatic N) is 3. The Kier molecular flexibility index (Phi) is 5.68. The zero-order chi connectivity index (χ0) is 18.5. The highest BCUT2D eigenvalue weighted by atomic mass is 35.5. The first-order valence-corrected chi connectivity index (χ1v) is 8.64. The second-order valence-corrected chi connectivity index (χ2v) is 6.32. The molecule has 134 valence electrons. The van der Waals surface area contributed by atoms with Gasteiger partial charge in [-0.1, -0.05) is 59.2 Å². The van der Waals surface area contributed by atoms with Gasteiger partial charge < -0.3 is 4.84 Å². The summed E-state index contributed by atoms with van der Waals surface area (Å²) in [7, 11) is 0. The van der Waals surface area contributed by atoms with Crippen LogP contribution in [0, 0.1) is 12.7 Å². The lowest BCUT2D eigenvalue weighted by molar-refractivity contribution is 0.0736. The third kappa shape index (κ3) is 4.29. The summed E-state index contributed by atoms with van der Waals surface area (Å²) < 4.78 is 14.7. The van der Waals surface area contributed by atoms with Crippen molar-refractivity contribution in [2.45, 2.75) is 26.5 Å². The van der Waals surface area contributed by atoms with Crippen LogP contribution in [0.15, 0.2) is 59.8 Å². The van der Waals surface area contributed by atoms with Crippen LogP contribution in [0.5, 0.6) is 0 Å². The Morgan fingerprint density at radius 1 is 1.19 bits per heavy atom. The number of halogens is 2. The highest BCUT2D eigenvalue weighted by Gasteiger charge is 2.13. The molecule has 4 nitrogen and oxygen atoms in total. The lowest BCUT2D eigenvalue weighted by Gasteiger charge is -2.09. The Bertz CT molecular complexity index is 891. The number of hydrogen-bond acceptors (Lipinski definition) is 3. The van der Waals surface area contributed by atoms with E-state index in [2.05, 4.69) is 10.3 Å². The van der Waals surface area contributed by atoms with E-state index < -0.39 is 0 Å². The molecule has 0 saturated heterocycles. The van der Waals surface area contributed by atoms with Gasteiger partial charge in [-0.2, -0.15) is 5.10 Å². The van der Waals surface area contributed by atoms with E-state index in [1.165, 1.54) is 12.1 Å². The fraction of sp³-hybridized carbons (Fsp3) is 0.200. The Hall–Kier alpha value is -2.66. The zero-order valence-electron chi connectivity index (χ0n) is 14.6. The Morgan fingerprint density at radius 2 is 1.88 bits per heavy atom. The molecule has 0 bridgehead atoms. The van der Waals surface area contributed by atoms with Gasteiger partial charge in [-0.25, -0.2) is 9.07 Å². The Labute approximate surface area is 156 Å². The van der Waals surface area contributed by atoms with E-state index in [1.54, 1.807) is 23.0 Å². The quantitative estimate of drug-likeness (QED) is 0.444. The molecule has 26 heavy (non-hydrogen) atoms. The molecule has 1 aromatic heterocycles. The van der Waals surface area contributed by atoms with Gasteiger partial charge in [-0.15, -0.1) is 0 Å². The molecule has 0 unspecified atom stereocenters. The summed E-state index contributed by atoms with van der Waals surface area (Å²) in [4.78, 5) is 5.51. The number of aryl methyl sites for hydroxylation is 1. The maximum atomic E-state index is 13.0. The van der Waals surface area contributed by atoms with Crippen LogP contribution in [-0.4, -0.2) is 16.0 Å². The van der Waals surface area contributed by atoms with Gasteiger partial charge in [-0.3, -0.25) is 0 Å². The van der Waals surface area contributed by atoms with Gasteiger partial charge in [0, 0.05) is 0 Å². The van der Waals surface area contributed by atoms with Crippen molar-refractivity contribution in [1.29, 1.82) is 0 Å². The molecule has 0 aliphatic rings. The van der Waals surface area contributed by atoms with E-state index in [0.717, 1.165) is 16.8 Å². The number of hydrogen-bond donors (Lipinski definition) is 0. The molecule has 0 amide bonds. The molecule has 0 fully saturated rings. The minimum Gasteiger partial charge on any atom is -0.388 e. The van der Waals surface area contributed by atoms with Crippen LogP contribution in [0.25, 0.3) is 0 Å². The molecule has 2 aromatic carbocycles. The number of benzene rings is 2. The highest BCUT2D eigenvalue weighted by Crippen LogP contribution is 2.21. The van der Waals surface area contributed by atoms with Crippen LogP contribution >= 0.6 is 11.6 Å².